The number of carbonyl (C=O) groups is 7. The van der Waals surface area contributed by atoms with Crippen molar-refractivity contribution < 1.29 is 48.9 Å². The molecule has 0 aliphatic carbocycles. The van der Waals surface area contributed by atoms with Crippen molar-refractivity contribution in [1.29, 1.82) is 0 Å². The lowest BCUT2D eigenvalue weighted by Gasteiger charge is -2.25. The van der Waals surface area contributed by atoms with E-state index in [-0.39, 0.29) is 19.3 Å². The molecule has 4 atom stereocenters. The molecule has 1 heterocycles. The second-order valence-corrected chi connectivity index (χ2v) is 9.23. The van der Waals surface area contributed by atoms with Crippen molar-refractivity contribution in [3.63, 3.8) is 0 Å². The number of carboxylic acids is 3. The molecule has 11 N–H and O–H groups in total. The van der Waals surface area contributed by atoms with Crippen molar-refractivity contribution in [1.82, 2.24) is 20.9 Å². The summed E-state index contributed by atoms with van der Waals surface area (Å²) in [6.45, 7) is 0. The molecule has 16 heteroatoms. The fourth-order valence-corrected chi connectivity index (χ4v) is 3.92. The monoisotopic (exact) mass is 576 g/mol. The molecule has 4 unspecified atom stereocenters. The molecule has 0 saturated carbocycles. The Hall–Kier alpha value is -4.99. The maximum atomic E-state index is 13.1. The minimum Gasteiger partial charge on any atom is -0.481 e. The number of rotatable bonds is 17. The molecule has 1 aromatic carbocycles. The number of primary amides is 1. The number of amides is 4. The lowest BCUT2D eigenvalue weighted by molar-refractivity contribution is -0.143. The van der Waals surface area contributed by atoms with Gasteiger partial charge in [-0.25, -0.2) is 4.79 Å². The molecule has 0 radical (unpaired) electrons. The first-order chi connectivity index (χ1) is 19.3. The summed E-state index contributed by atoms with van der Waals surface area (Å²) in [5, 5.41) is 35.2. The molecule has 2 aromatic rings. The highest BCUT2D eigenvalue weighted by Crippen LogP contribution is 2.19. The molecule has 0 saturated heterocycles. The number of nitrogens with two attached hydrogens (primary N) is 2. The molecular weight excluding hydrogens is 544 g/mol. The summed E-state index contributed by atoms with van der Waals surface area (Å²) in [5.74, 6) is -7.96. The molecule has 222 valence electrons. The summed E-state index contributed by atoms with van der Waals surface area (Å²) < 4.78 is 0. The second-order valence-electron chi connectivity index (χ2n) is 9.23. The van der Waals surface area contributed by atoms with E-state index >= 15 is 0 Å². The fraction of sp³-hybridized carbons (Fsp3) is 0.400. The Balaban J connectivity index is 2.22. The average Bonchev–Trinajstić information content (AvgIpc) is 3.30. The minimum atomic E-state index is -1.55. The van der Waals surface area contributed by atoms with Gasteiger partial charge in [-0.1, -0.05) is 18.2 Å². The van der Waals surface area contributed by atoms with Crippen molar-refractivity contribution in [2.45, 2.75) is 62.7 Å². The normalized spacial score (nSPS) is 13.8. The van der Waals surface area contributed by atoms with Crippen molar-refractivity contribution in [2.24, 2.45) is 11.5 Å². The van der Waals surface area contributed by atoms with E-state index in [9.17, 15) is 38.7 Å². The van der Waals surface area contributed by atoms with Crippen molar-refractivity contribution in [3.8, 4) is 0 Å². The molecule has 0 spiro atoms. The highest BCUT2D eigenvalue weighted by Gasteiger charge is 2.31. The van der Waals surface area contributed by atoms with Gasteiger partial charge < -0.3 is 47.7 Å². The van der Waals surface area contributed by atoms with Crippen LogP contribution in [0.4, 0.5) is 0 Å². The first-order valence-corrected chi connectivity index (χ1v) is 12.4. The second kappa shape index (κ2) is 15.0. The van der Waals surface area contributed by atoms with Gasteiger partial charge in [0.15, 0.2) is 0 Å². The molecule has 0 aliphatic rings. The number of hydrogen-bond donors (Lipinski definition) is 9. The maximum Gasteiger partial charge on any atom is 0.326 e. The molecule has 41 heavy (non-hydrogen) atoms. The zero-order chi connectivity index (χ0) is 30.7. The number of H-pyrrole nitrogens is 1. The van der Waals surface area contributed by atoms with Gasteiger partial charge in [-0.2, -0.15) is 0 Å². The third-order valence-electron chi connectivity index (χ3n) is 6.04. The van der Waals surface area contributed by atoms with Gasteiger partial charge in [0.2, 0.25) is 23.6 Å². The summed E-state index contributed by atoms with van der Waals surface area (Å²) in [6, 6.07) is 1.04. The van der Waals surface area contributed by atoms with Crippen LogP contribution in [0.3, 0.4) is 0 Å². The molecule has 0 bridgehead atoms. The van der Waals surface area contributed by atoms with Gasteiger partial charge in [-0.3, -0.25) is 28.8 Å². The van der Waals surface area contributed by atoms with Crippen LogP contribution in [0.2, 0.25) is 0 Å². The van der Waals surface area contributed by atoms with E-state index in [0.717, 1.165) is 10.9 Å². The number of aromatic nitrogens is 1. The highest BCUT2D eigenvalue weighted by atomic mass is 16.4. The van der Waals surface area contributed by atoms with Gasteiger partial charge in [0.05, 0.1) is 12.5 Å². The molecule has 1 aromatic heterocycles. The van der Waals surface area contributed by atoms with E-state index in [1.54, 1.807) is 30.5 Å². The summed E-state index contributed by atoms with van der Waals surface area (Å²) >= 11 is 0. The van der Waals surface area contributed by atoms with Crippen LogP contribution in [-0.2, 0) is 40.0 Å². The summed E-state index contributed by atoms with van der Waals surface area (Å²) in [5.41, 5.74) is 12.0. The maximum absolute atomic E-state index is 13.1. The molecule has 0 aliphatic heterocycles. The molecular formula is C25H32N6O10. The van der Waals surface area contributed by atoms with E-state index in [4.69, 9.17) is 21.7 Å². The van der Waals surface area contributed by atoms with Gasteiger partial charge in [0.25, 0.3) is 0 Å². The molecule has 4 amide bonds. The van der Waals surface area contributed by atoms with E-state index in [2.05, 4.69) is 20.9 Å². The predicted molar refractivity (Wildman–Crippen MR) is 141 cm³/mol. The summed E-state index contributed by atoms with van der Waals surface area (Å²) in [6.07, 6.45) is -1.06. The largest absolute Gasteiger partial charge is 0.481 e. The average molecular weight is 577 g/mol. The third kappa shape index (κ3) is 10.2. The van der Waals surface area contributed by atoms with Gasteiger partial charge >= 0.3 is 17.9 Å². The Morgan fingerprint density at radius 1 is 0.780 bits per heavy atom. The Kier molecular flexibility index (Phi) is 11.8. The van der Waals surface area contributed by atoms with Crippen LogP contribution in [0, 0.1) is 0 Å². The fourth-order valence-electron chi connectivity index (χ4n) is 3.92. The Bertz CT molecular complexity index is 1310. The number of carboxylic acid groups (broad SMARTS) is 3. The van der Waals surface area contributed by atoms with E-state index in [1.165, 1.54) is 0 Å². The van der Waals surface area contributed by atoms with Crippen LogP contribution in [0.15, 0.2) is 30.5 Å². The Morgan fingerprint density at radius 2 is 1.34 bits per heavy atom. The number of para-hydroxylation sites is 1. The Morgan fingerprint density at radius 3 is 1.90 bits per heavy atom. The van der Waals surface area contributed by atoms with Crippen molar-refractivity contribution in [3.05, 3.63) is 36.0 Å². The van der Waals surface area contributed by atoms with Crippen molar-refractivity contribution in [2.75, 3.05) is 0 Å². The predicted octanol–water partition coefficient (Wildman–Crippen LogP) is -1.82. The topological polar surface area (TPSA) is 284 Å². The van der Waals surface area contributed by atoms with E-state index < -0.39 is 85.0 Å². The number of carbonyl (C=O) groups excluding carboxylic acids is 4. The van der Waals surface area contributed by atoms with Crippen LogP contribution in [0.25, 0.3) is 10.9 Å². The van der Waals surface area contributed by atoms with E-state index in [1.807, 2.05) is 0 Å². The third-order valence-corrected chi connectivity index (χ3v) is 6.04. The SMILES string of the molecule is NC(=O)CCC(NC(=O)C(N)CC(=O)O)C(=O)NC(CCC(=O)O)C(=O)NC(Cc1c[nH]c2ccccc12)C(=O)O. The van der Waals surface area contributed by atoms with Gasteiger partial charge in [0.1, 0.15) is 18.1 Å². The lowest BCUT2D eigenvalue weighted by atomic mass is 10.0. The van der Waals surface area contributed by atoms with Crippen LogP contribution >= 0.6 is 0 Å². The quantitative estimate of drug-likeness (QED) is 0.101. The minimum absolute atomic E-state index is 0.135. The van der Waals surface area contributed by atoms with Crippen LogP contribution in [-0.4, -0.2) is 86.0 Å². The zero-order valence-corrected chi connectivity index (χ0v) is 21.8. The van der Waals surface area contributed by atoms with E-state index in [0.29, 0.717) is 5.56 Å². The Labute approximate surface area is 232 Å². The number of hydrogen-bond acceptors (Lipinski definition) is 8. The van der Waals surface area contributed by atoms with Gasteiger partial charge in [0, 0.05) is 36.4 Å². The van der Waals surface area contributed by atoms with Crippen molar-refractivity contribution >= 4 is 52.4 Å². The molecule has 0 fully saturated rings. The van der Waals surface area contributed by atoms with Crippen LogP contribution < -0.4 is 27.4 Å². The first kappa shape index (κ1) is 32.2. The number of aliphatic carboxylic acids is 3. The van der Waals surface area contributed by atoms with Crippen LogP contribution in [0.5, 0.6) is 0 Å². The summed E-state index contributed by atoms with van der Waals surface area (Å²) in [7, 11) is 0. The lowest BCUT2D eigenvalue weighted by Crippen LogP contribution is -2.57. The molecule has 2 rings (SSSR count). The standard InChI is InChI=1S/C25H32N6O10/c26-14(10-21(35)36)22(37)29-16(5-7-19(27)32)23(38)30-17(6-8-20(33)34)24(39)31-18(25(40)41)9-12-11-28-15-4-2-1-3-13(12)15/h1-4,11,14,16-18,28H,5-10,26H2,(H2,27,32)(H,29,37)(H,30,38)(H,31,39)(H,33,34)(H,35,36)(H,40,41). The van der Waals surface area contributed by atoms with Gasteiger partial charge in [-0.15, -0.1) is 0 Å². The highest BCUT2D eigenvalue weighted by molar-refractivity contribution is 5.95. The van der Waals surface area contributed by atoms with Gasteiger partial charge in [-0.05, 0) is 24.5 Å². The number of nitrogens with one attached hydrogen (secondary N) is 4. The molecule has 16 nitrogen and oxygen atoms in total. The number of benzene rings is 1. The first-order valence-electron chi connectivity index (χ1n) is 12.4. The smallest absolute Gasteiger partial charge is 0.326 e. The zero-order valence-electron chi connectivity index (χ0n) is 21.8. The number of aromatic amines is 1. The van der Waals surface area contributed by atoms with Crippen LogP contribution in [0.1, 0.15) is 37.7 Å². The summed E-state index contributed by atoms with van der Waals surface area (Å²) in [4.78, 5) is 86.8. The number of fused-ring (bicyclic) bond motifs is 1.